The maximum atomic E-state index is 12.7. The van der Waals surface area contributed by atoms with Crippen LogP contribution in [0.2, 0.25) is 0 Å². The number of carbonyl (C=O) groups is 1. The lowest BCUT2D eigenvalue weighted by molar-refractivity contribution is 0.102. The van der Waals surface area contributed by atoms with Crippen LogP contribution in [0.5, 0.6) is 5.75 Å². The van der Waals surface area contributed by atoms with E-state index in [9.17, 15) is 4.79 Å². The number of aromatic nitrogens is 3. The van der Waals surface area contributed by atoms with Gasteiger partial charge >= 0.3 is 0 Å². The lowest BCUT2D eigenvalue weighted by Gasteiger charge is -2.08. The molecule has 2 heterocycles. The summed E-state index contributed by atoms with van der Waals surface area (Å²) in [6, 6.07) is 17.0. The van der Waals surface area contributed by atoms with Gasteiger partial charge in [0.2, 0.25) is 0 Å². The molecule has 0 aliphatic rings. The van der Waals surface area contributed by atoms with Gasteiger partial charge in [-0.1, -0.05) is 6.07 Å². The molecule has 0 atom stereocenters. The average molecular weight is 346 g/mol. The summed E-state index contributed by atoms with van der Waals surface area (Å²) in [4.78, 5) is 12.7. The summed E-state index contributed by atoms with van der Waals surface area (Å²) < 4.78 is 9.02. The van der Waals surface area contributed by atoms with Crippen molar-refractivity contribution < 1.29 is 9.53 Å². The molecule has 2 aromatic carbocycles. The van der Waals surface area contributed by atoms with E-state index in [4.69, 9.17) is 4.74 Å². The SMILES string of the molecule is COc1cccc2c1cc(C(=O)Nc1ccc(-n3cccn3)cc1)n2C. The Hall–Kier alpha value is -3.54. The minimum Gasteiger partial charge on any atom is -0.496 e. The second-order valence-corrected chi connectivity index (χ2v) is 5.93. The van der Waals surface area contributed by atoms with E-state index in [2.05, 4.69) is 10.4 Å². The van der Waals surface area contributed by atoms with Crippen molar-refractivity contribution in [3.05, 3.63) is 72.7 Å². The third kappa shape index (κ3) is 2.71. The number of benzene rings is 2. The molecule has 26 heavy (non-hydrogen) atoms. The highest BCUT2D eigenvalue weighted by atomic mass is 16.5. The number of ether oxygens (including phenoxy) is 1. The van der Waals surface area contributed by atoms with Gasteiger partial charge in [-0.05, 0) is 48.5 Å². The van der Waals surface area contributed by atoms with Crippen LogP contribution in [-0.2, 0) is 7.05 Å². The molecule has 4 aromatic rings. The minimum absolute atomic E-state index is 0.169. The van der Waals surface area contributed by atoms with E-state index in [1.54, 1.807) is 18.0 Å². The number of aryl methyl sites for hydroxylation is 1. The summed E-state index contributed by atoms with van der Waals surface area (Å²) in [5.74, 6) is 0.582. The Balaban J connectivity index is 1.60. The predicted molar refractivity (Wildman–Crippen MR) is 101 cm³/mol. The van der Waals surface area contributed by atoms with Crippen molar-refractivity contribution in [3.8, 4) is 11.4 Å². The third-order valence-corrected chi connectivity index (χ3v) is 4.39. The topological polar surface area (TPSA) is 61.1 Å². The summed E-state index contributed by atoms with van der Waals surface area (Å²) in [6.07, 6.45) is 3.60. The molecule has 6 heteroatoms. The van der Waals surface area contributed by atoms with Gasteiger partial charge in [-0.3, -0.25) is 4.79 Å². The largest absolute Gasteiger partial charge is 0.496 e. The first kappa shape index (κ1) is 16.0. The number of amides is 1. The van der Waals surface area contributed by atoms with E-state index in [1.165, 1.54) is 0 Å². The van der Waals surface area contributed by atoms with E-state index in [-0.39, 0.29) is 5.91 Å². The van der Waals surface area contributed by atoms with Crippen LogP contribution in [0.15, 0.2) is 67.0 Å². The fourth-order valence-electron chi connectivity index (χ4n) is 3.04. The molecular weight excluding hydrogens is 328 g/mol. The van der Waals surface area contributed by atoms with Gasteiger partial charge in [0.25, 0.3) is 5.91 Å². The quantitative estimate of drug-likeness (QED) is 0.614. The van der Waals surface area contributed by atoms with E-state index in [1.807, 2.05) is 72.4 Å². The molecule has 0 fully saturated rings. The standard InChI is InChI=1S/C20H18N4O2/c1-23-17-5-3-6-19(26-2)16(17)13-18(23)20(25)22-14-7-9-15(10-8-14)24-12-4-11-21-24/h3-13H,1-2H3,(H,22,25). The zero-order valence-electron chi connectivity index (χ0n) is 14.5. The molecular formula is C20H18N4O2. The van der Waals surface area contributed by atoms with Gasteiger partial charge in [0, 0.05) is 30.5 Å². The highest BCUT2D eigenvalue weighted by Gasteiger charge is 2.15. The van der Waals surface area contributed by atoms with Crippen LogP contribution in [0.1, 0.15) is 10.5 Å². The van der Waals surface area contributed by atoms with Crippen molar-refractivity contribution in [1.29, 1.82) is 0 Å². The molecule has 0 saturated heterocycles. The van der Waals surface area contributed by atoms with Crippen molar-refractivity contribution in [2.75, 3.05) is 12.4 Å². The van der Waals surface area contributed by atoms with Crippen LogP contribution >= 0.6 is 0 Å². The third-order valence-electron chi connectivity index (χ3n) is 4.39. The fourth-order valence-corrected chi connectivity index (χ4v) is 3.04. The molecule has 0 radical (unpaired) electrons. The minimum atomic E-state index is -0.169. The Labute approximate surface area is 150 Å². The molecule has 4 rings (SSSR count). The molecule has 0 bridgehead atoms. The second kappa shape index (κ2) is 6.40. The number of carbonyl (C=O) groups excluding carboxylic acids is 1. The van der Waals surface area contributed by atoms with Gasteiger partial charge in [-0.2, -0.15) is 5.10 Å². The van der Waals surface area contributed by atoms with Crippen LogP contribution in [-0.4, -0.2) is 27.4 Å². The highest BCUT2D eigenvalue weighted by Crippen LogP contribution is 2.28. The lowest BCUT2D eigenvalue weighted by atomic mass is 10.2. The van der Waals surface area contributed by atoms with E-state index in [0.29, 0.717) is 5.69 Å². The van der Waals surface area contributed by atoms with Crippen molar-refractivity contribution in [2.45, 2.75) is 0 Å². The maximum Gasteiger partial charge on any atom is 0.272 e. The lowest BCUT2D eigenvalue weighted by Crippen LogP contribution is -2.15. The number of methoxy groups -OCH3 is 1. The predicted octanol–water partition coefficient (Wildman–Crippen LogP) is 3.62. The molecule has 0 saturated carbocycles. The van der Waals surface area contributed by atoms with Crippen molar-refractivity contribution >= 4 is 22.5 Å². The molecule has 2 aromatic heterocycles. The Morgan fingerprint density at radius 1 is 1.12 bits per heavy atom. The van der Waals surface area contributed by atoms with Gasteiger partial charge < -0.3 is 14.6 Å². The molecule has 0 unspecified atom stereocenters. The Kier molecular flexibility index (Phi) is 3.93. The van der Waals surface area contributed by atoms with Gasteiger partial charge in [0.15, 0.2) is 0 Å². The van der Waals surface area contributed by atoms with Crippen molar-refractivity contribution in [3.63, 3.8) is 0 Å². The van der Waals surface area contributed by atoms with Crippen molar-refractivity contribution in [2.24, 2.45) is 7.05 Å². The molecule has 1 amide bonds. The molecule has 1 N–H and O–H groups in total. The summed E-state index contributed by atoms with van der Waals surface area (Å²) >= 11 is 0. The summed E-state index contributed by atoms with van der Waals surface area (Å²) in [5, 5.41) is 8.04. The number of nitrogens with zero attached hydrogens (tertiary/aromatic N) is 3. The fraction of sp³-hybridized carbons (Fsp3) is 0.100. The smallest absolute Gasteiger partial charge is 0.272 e. The highest BCUT2D eigenvalue weighted by molar-refractivity contribution is 6.07. The molecule has 0 spiro atoms. The van der Waals surface area contributed by atoms with Gasteiger partial charge in [-0.15, -0.1) is 0 Å². The van der Waals surface area contributed by atoms with Gasteiger partial charge in [0.05, 0.1) is 18.3 Å². The number of hydrogen-bond acceptors (Lipinski definition) is 3. The Morgan fingerprint density at radius 2 is 1.92 bits per heavy atom. The van der Waals surface area contributed by atoms with E-state index in [0.717, 1.165) is 28.0 Å². The van der Waals surface area contributed by atoms with Crippen LogP contribution in [0, 0.1) is 0 Å². The number of anilines is 1. The Morgan fingerprint density at radius 3 is 2.62 bits per heavy atom. The van der Waals surface area contributed by atoms with Crippen LogP contribution in [0.3, 0.4) is 0 Å². The number of rotatable bonds is 4. The molecule has 6 nitrogen and oxygen atoms in total. The molecule has 0 aliphatic heterocycles. The summed E-state index contributed by atoms with van der Waals surface area (Å²) in [6.45, 7) is 0. The number of nitrogens with one attached hydrogen (secondary N) is 1. The number of fused-ring (bicyclic) bond motifs is 1. The Bertz CT molecular complexity index is 1060. The zero-order valence-corrected chi connectivity index (χ0v) is 14.5. The van der Waals surface area contributed by atoms with Crippen LogP contribution in [0.25, 0.3) is 16.6 Å². The first-order valence-corrected chi connectivity index (χ1v) is 8.21. The number of hydrogen-bond donors (Lipinski definition) is 1. The average Bonchev–Trinajstić information content (AvgIpc) is 3.31. The molecule has 130 valence electrons. The van der Waals surface area contributed by atoms with Crippen LogP contribution < -0.4 is 10.1 Å². The normalized spacial score (nSPS) is 10.8. The van der Waals surface area contributed by atoms with Gasteiger partial charge in [0.1, 0.15) is 11.4 Å². The van der Waals surface area contributed by atoms with Crippen LogP contribution in [0.4, 0.5) is 5.69 Å². The molecule has 0 aliphatic carbocycles. The first-order valence-electron chi connectivity index (χ1n) is 8.21. The first-order chi connectivity index (χ1) is 12.7. The summed E-state index contributed by atoms with van der Waals surface area (Å²) in [7, 11) is 3.50. The van der Waals surface area contributed by atoms with E-state index >= 15 is 0 Å². The van der Waals surface area contributed by atoms with Gasteiger partial charge in [-0.25, -0.2) is 4.68 Å². The maximum absolute atomic E-state index is 12.7. The van der Waals surface area contributed by atoms with Crippen molar-refractivity contribution in [1.82, 2.24) is 14.3 Å². The van der Waals surface area contributed by atoms with E-state index < -0.39 is 0 Å². The zero-order chi connectivity index (χ0) is 18.1. The monoisotopic (exact) mass is 346 g/mol. The summed E-state index contributed by atoms with van der Waals surface area (Å²) in [5.41, 5.74) is 3.18. The second-order valence-electron chi connectivity index (χ2n) is 5.93.